The summed E-state index contributed by atoms with van der Waals surface area (Å²) in [6.45, 7) is 1.04. The van der Waals surface area contributed by atoms with Gasteiger partial charge in [-0.05, 0) is 41.5 Å². The van der Waals surface area contributed by atoms with E-state index in [1.165, 1.54) is 4.90 Å². The van der Waals surface area contributed by atoms with E-state index in [1.54, 1.807) is 37.4 Å². The van der Waals surface area contributed by atoms with E-state index in [0.29, 0.717) is 36.0 Å². The smallest absolute Gasteiger partial charge is 0.295 e. The first-order chi connectivity index (χ1) is 16.6. The Hall–Kier alpha value is -4.26. The van der Waals surface area contributed by atoms with E-state index in [4.69, 9.17) is 14.2 Å². The second kappa shape index (κ2) is 8.94. The molecule has 7 heteroatoms. The molecule has 1 saturated heterocycles. The van der Waals surface area contributed by atoms with Crippen LogP contribution in [0.4, 0.5) is 0 Å². The molecular formula is C27H23NO6. The zero-order chi connectivity index (χ0) is 23.7. The van der Waals surface area contributed by atoms with Gasteiger partial charge in [-0.15, -0.1) is 0 Å². The Bertz CT molecular complexity index is 1270. The summed E-state index contributed by atoms with van der Waals surface area (Å²) < 4.78 is 16.4. The SMILES string of the molecule is COc1ccc(CN2C(=O)C(=O)/C(=C(\O)c3ccc4c(c3)OCCO4)C2c2ccccc2)cc1. The van der Waals surface area contributed by atoms with Crippen molar-refractivity contribution in [1.82, 2.24) is 4.90 Å². The molecule has 3 aromatic rings. The summed E-state index contributed by atoms with van der Waals surface area (Å²) in [5.41, 5.74) is 1.99. The van der Waals surface area contributed by atoms with Gasteiger partial charge in [0.1, 0.15) is 24.7 Å². The van der Waals surface area contributed by atoms with E-state index in [-0.39, 0.29) is 17.9 Å². The summed E-state index contributed by atoms with van der Waals surface area (Å²) in [4.78, 5) is 27.9. The van der Waals surface area contributed by atoms with Crippen LogP contribution in [0, 0.1) is 0 Å². The van der Waals surface area contributed by atoms with Crippen LogP contribution in [-0.4, -0.2) is 42.0 Å². The summed E-state index contributed by atoms with van der Waals surface area (Å²) in [7, 11) is 1.58. The predicted molar refractivity (Wildman–Crippen MR) is 125 cm³/mol. The number of hydrogen-bond acceptors (Lipinski definition) is 6. The van der Waals surface area contributed by atoms with Gasteiger partial charge in [-0.3, -0.25) is 9.59 Å². The lowest BCUT2D eigenvalue weighted by Crippen LogP contribution is -2.29. The molecule has 2 aliphatic heterocycles. The Balaban J connectivity index is 1.59. The monoisotopic (exact) mass is 457 g/mol. The fourth-order valence-corrected chi connectivity index (χ4v) is 4.30. The predicted octanol–water partition coefficient (Wildman–Crippen LogP) is 4.09. The molecule has 2 aliphatic rings. The number of aliphatic hydroxyl groups is 1. The van der Waals surface area contributed by atoms with Crippen molar-refractivity contribution in [2.45, 2.75) is 12.6 Å². The highest BCUT2D eigenvalue weighted by Crippen LogP contribution is 2.41. The molecule has 172 valence electrons. The molecule has 1 N–H and O–H groups in total. The minimum atomic E-state index is -0.739. The third-order valence-corrected chi connectivity index (χ3v) is 5.98. The van der Waals surface area contributed by atoms with E-state index in [0.717, 1.165) is 11.1 Å². The lowest BCUT2D eigenvalue weighted by Gasteiger charge is -2.25. The zero-order valence-electron chi connectivity index (χ0n) is 18.6. The number of hydrogen-bond donors (Lipinski definition) is 1. The molecule has 1 unspecified atom stereocenters. The van der Waals surface area contributed by atoms with Gasteiger partial charge < -0.3 is 24.2 Å². The first-order valence-electron chi connectivity index (χ1n) is 10.9. The van der Waals surface area contributed by atoms with Gasteiger partial charge in [0.15, 0.2) is 11.5 Å². The van der Waals surface area contributed by atoms with Crippen LogP contribution in [0.25, 0.3) is 5.76 Å². The fraction of sp³-hybridized carbons (Fsp3) is 0.185. The van der Waals surface area contributed by atoms with Gasteiger partial charge in [-0.25, -0.2) is 0 Å². The first kappa shape index (κ1) is 21.6. The molecule has 0 saturated carbocycles. The van der Waals surface area contributed by atoms with Crippen molar-refractivity contribution < 1.29 is 28.9 Å². The maximum absolute atomic E-state index is 13.2. The van der Waals surface area contributed by atoms with Crippen LogP contribution in [0.3, 0.4) is 0 Å². The third kappa shape index (κ3) is 3.85. The largest absolute Gasteiger partial charge is 0.507 e. The lowest BCUT2D eigenvalue weighted by molar-refractivity contribution is -0.140. The highest BCUT2D eigenvalue weighted by atomic mass is 16.6. The topological polar surface area (TPSA) is 85.3 Å². The zero-order valence-corrected chi connectivity index (χ0v) is 18.6. The molecule has 34 heavy (non-hydrogen) atoms. The Kier molecular flexibility index (Phi) is 5.67. The van der Waals surface area contributed by atoms with Crippen molar-refractivity contribution in [2.75, 3.05) is 20.3 Å². The van der Waals surface area contributed by atoms with Crippen molar-refractivity contribution in [3.8, 4) is 17.2 Å². The molecule has 1 fully saturated rings. The van der Waals surface area contributed by atoms with Gasteiger partial charge in [0.2, 0.25) is 0 Å². The van der Waals surface area contributed by atoms with Gasteiger partial charge in [0.25, 0.3) is 11.7 Å². The molecule has 0 spiro atoms. The average Bonchev–Trinajstić information content (AvgIpc) is 3.14. The standard InChI is InChI=1S/C27H23NO6/c1-32-20-10-7-17(8-11-20)16-28-24(18-5-3-2-4-6-18)23(26(30)27(28)31)25(29)19-9-12-21-22(15-19)34-14-13-33-21/h2-12,15,24,29H,13-14,16H2,1H3/b25-23-. The molecule has 3 aromatic carbocycles. The molecule has 5 rings (SSSR count). The molecule has 1 amide bonds. The van der Waals surface area contributed by atoms with Crippen molar-refractivity contribution in [3.05, 3.63) is 95.1 Å². The maximum atomic E-state index is 13.2. The molecular weight excluding hydrogens is 434 g/mol. The second-order valence-electron chi connectivity index (χ2n) is 8.04. The minimum absolute atomic E-state index is 0.0430. The van der Waals surface area contributed by atoms with Gasteiger partial charge in [0, 0.05) is 12.1 Å². The summed E-state index contributed by atoms with van der Waals surface area (Å²) in [6, 6.07) is 20.8. The van der Waals surface area contributed by atoms with Gasteiger partial charge in [-0.1, -0.05) is 42.5 Å². The van der Waals surface area contributed by atoms with Crippen molar-refractivity contribution in [3.63, 3.8) is 0 Å². The summed E-state index contributed by atoms with van der Waals surface area (Å²) >= 11 is 0. The molecule has 2 heterocycles. The molecule has 1 atom stereocenters. The van der Waals surface area contributed by atoms with Crippen LogP contribution in [0.15, 0.2) is 78.4 Å². The number of ether oxygens (including phenoxy) is 3. The first-order valence-corrected chi connectivity index (χ1v) is 10.9. The number of fused-ring (bicyclic) bond motifs is 1. The molecule has 0 radical (unpaired) electrons. The lowest BCUT2D eigenvalue weighted by atomic mass is 9.95. The summed E-state index contributed by atoms with van der Waals surface area (Å²) in [5, 5.41) is 11.3. The van der Waals surface area contributed by atoms with Crippen LogP contribution >= 0.6 is 0 Å². The van der Waals surface area contributed by atoms with Crippen LogP contribution in [-0.2, 0) is 16.1 Å². The van der Waals surface area contributed by atoms with Gasteiger partial charge >= 0.3 is 0 Å². The van der Waals surface area contributed by atoms with Crippen LogP contribution in [0.1, 0.15) is 22.7 Å². The number of benzene rings is 3. The van der Waals surface area contributed by atoms with Crippen LogP contribution < -0.4 is 14.2 Å². The summed E-state index contributed by atoms with van der Waals surface area (Å²) in [6.07, 6.45) is 0. The molecule has 0 bridgehead atoms. The number of amides is 1. The fourth-order valence-electron chi connectivity index (χ4n) is 4.30. The van der Waals surface area contributed by atoms with Crippen molar-refractivity contribution >= 4 is 17.4 Å². The number of carbonyl (C=O) groups excluding carboxylic acids is 2. The number of nitrogens with zero attached hydrogens (tertiary/aromatic N) is 1. The normalized spacial score (nSPS) is 18.7. The van der Waals surface area contributed by atoms with E-state index in [9.17, 15) is 14.7 Å². The Morgan fingerprint density at radius 1 is 0.971 bits per heavy atom. The Morgan fingerprint density at radius 2 is 1.68 bits per heavy atom. The average molecular weight is 457 g/mol. The number of likely N-dealkylation sites (tertiary alicyclic amines) is 1. The Morgan fingerprint density at radius 3 is 2.38 bits per heavy atom. The second-order valence-corrected chi connectivity index (χ2v) is 8.04. The number of aliphatic hydroxyl groups excluding tert-OH is 1. The number of carbonyl (C=O) groups is 2. The van der Waals surface area contributed by atoms with Gasteiger partial charge in [-0.2, -0.15) is 0 Å². The van der Waals surface area contributed by atoms with Crippen LogP contribution in [0.2, 0.25) is 0 Å². The Labute approximate surface area is 196 Å². The van der Waals surface area contributed by atoms with E-state index in [1.807, 2.05) is 42.5 Å². The number of methoxy groups -OCH3 is 1. The van der Waals surface area contributed by atoms with Crippen molar-refractivity contribution in [2.24, 2.45) is 0 Å². The molecule has 7 nitrogen and oxygen atoms in total. The quantitative estimate of drug-likeness (QED) is 0.353. The molecule has 0 aliphatic carbocycles. The van der Waals surface area contributed by atoms with E-state index in [2.05, 4.69) is 0 Å². The third-order valence-electron chi connectivity index (χ3n) is 5.98. The van der Waals surface area contributed by atoms with Crippen LogP contribution in [0.5, 0.6) is 17.2 Å². The highest BCUT2D eigenvalue weighted by Gasteiger charge is 2.46. The summed E-state index contributed by atoms with van der Waals surface area (Å²) in [5.74, 6) is 0.116. The van der Waals surface area contributed by atoms with E-state index >= 15 is 0 Å². The highest BCUT2D eigenvalue weighted by molar-refractivity contribution is 6.46. The number of ketones is 1. The van der Waals surface area contributed by atoms with E-state index < -0.39 is 17.7 Å². The number of rotatable bonds is 5. The maximum Gasteiger partial charge on any atom is 0.295 e. The van der Waals surface area contributed by atoms with Gasteiger partial charge in [0.05, 0.1) is 18.7 Å². The molecule has 0 aromatic heterocycles. The van der Waals surface area contributed by atoms with Crippen molar-refractivity contribution in [1.29, 1.82) is 0 Å². The minimum Gasteiger partial charge on any atom is -0.507 e. The number of Topliss-reactive ketones (excluding diaryl/α,β-unsaturated/α-hetero) is 1.